The molecule has 2 heteroatoms. The van der Waals surface area contributed by atoms with E-state index in [9.17, 15) is 4.79 Å². The Labute approximate surface area is 155 Å². The average Bonchev–Trinajstić information content (AvgIpc) is 3.24. The van der Waals surface area contributed by atoms with Crippen LogP contribution in [0.5, 0.6) is 0 Å². The van der Waals surface area contributed by atoms with E-state index in [-0.39, 0.29) is 5.78 Å². The molecule has 130 valence electrons. The van der Waals surface area contributed by atoms with Crippen LogP contribution in [-0.2, 0) is 6.42 Å². The second-order valence-electron chi connectivity index (χ2n) is 6.87. The van der Waals surface area contributed by atoms with Gasteiger partial charge in [-0.25, -0.2) is 0 Å². The van der Waals surface area contributed by atoms with Crippen molar-refractivity contribution < 1.29 is 4.79 Å². The minimum atomic E-state index is 0.165. The second-order valence-corrected chi connectivity index (χ2v) is 6.87. The molecular formula is C24H23NO. The molecule has 0 bridgehead atoms. The van der Waals surface area contributed by atoms with Crippen molar-refractivity contribution in [2.75, 3.05) is 18.0 Å². The van der Waals surface area contributed by atoms with Gasteiger partial charge in [0.1, 0.15) is 0 Å². The van der Waals surface area contributed by atoms with Crippen molar-refractivity contribution in [3.8, 4) is 11.1 Å². The van der Waals surface area contributed by atoms with Gasteiger partial charge in [-0.1, -0.05) is 66.7 Å². The van der Waals surface area contributed by atoms with Gasteiger partial charge in [0.05, 0.1) is 0 Å². The molecule has 26 heavy (non-hydrogen) atoms. The lowest BCUT2D eigenvalue weighted by molar-refractivity contribution is 0.0993. The van der Waals surface area contributed by atoms with Crippen LogP contribution in [-0.4, -0.2) is 18.9 Å². The number of benzene rings is 3. The molecule has 1 fully saturated rings. The number of carbonyl (C=O) groups excluding carboxylic acids is 1. The fraction of sp³-hybridized carbons (Fsp3) is 0.208. The Morgan fingerprint density at radius 3 is 2.15 bits per heavy atom. The molecule has 0 aliphatic carbocycles. The van der Waals surface area contributed by atoms with Gasteiger partial charge in [0.15, 0.2) is 5.78 Å². The van der Waals surface area contributed by atoms with E-state index in [0.717, 1.165) is 35.3 Å². The molecule has 0 N–H and O–H groups in total. The summed E-state index contributed by atoms with van der Waals surface area (Å²) in [7, 11) is 0. The molecule has 0 aromatic heterocycles. The van der Waals surface area contributed by atoms with E-state index in [4.69, 9.17) is 0 Å². The Morgan fingerprint density at radius 2 is 1.42 bits per heavy atom. The van der Waals surface area contributed by atoms with E-state index in [1.807, 2.05) is 42.5 Å². The summed E-state index contributed by atoms with van der Waals surface area (Å²) in [5, 5.41) is 0. The molecule has 4 rings (SSSR count). The van der Waals surface area contributed by atoms with E-state index in [0.29, 0.717) is 6.42 Å². The number of hydrogen-bond acceptors (Lipinski definition) is 2. The van der Waals surface area contributed by atoms with Crippen LogP contribution in [0.2, 0.25) is 0 Å². The molecule has 0 spiro atoms. The van der Waals surface area contributed by atoms with Crippen LogP contribution in [0.15, 0.2) is 78.9 Å². The van der Waals surface area contributed by atoms with Gasteiger partial charge in [0.2, 0.25) is 0 Å². The second kappa shape index (κ2) is 7.57. The number of carbonyl (C=O) groups is 1. The van der Waals surface area contributed by atoms with Gasteiger partial charge >= 0.3 is 0 Å². The van der Waals surface area contributed by atoms with Crippen LogP contribution in [0.4, 0.5) is 5.69 Å². The maximum absolute atomic E-state index is 12.9. The maximum Gasteiger partial charge on any atom is 0.167 e. The fourth-order valence-corrected chi connectivity index (χ4v) is 3.68. The molecule has 0 atom stereocenters. The molecule has 3 aromatic carbocycles. The van der Waals surface area contributed by atoms with Gasteiger partial charge in [-0.05, 0) is 41.7 Å². The summed E-state index contributed by atoms with van der Waals surface area (Å²) in [4.78, 5) is 15.4. The Morgan fingerprint density at radius 1 is 0.769 bits per heavy atom. The molecule has 1 aliphatic heterocycles. The quantitative estimate of drug-likeness (QED) is 0.581. The minimum absolute atomic E-state index is 0.165. The number of nitrogens with zero attached hydrogens (tertiary/aromatic N) is 1. The number of hydrogen-bond donors (Lipinski definition) is 0. The molecule has 0 unspecified atom stereocenters. The van der Waals surface area contributed by atoms with Crippen molar-refractivity contribution in [1.82, 2.24) is 0 Å². The Bertz CT molecular complexity index is 878. The SMILES string of the molecule is O=C(Cc1ccc(N2CCCC2)cc1)c1ccccc1-c1ccccc1. The normalized spacial score (nSPS) is 13.8. The zero-order valence-electron chi connectivity index (χ0n) is 14.9. The van der Waals surface area contributed by atoms with Crippen molar-refractivity contribution in [1.29, 1.82) is 0 Å². The maximum atomic E-state index is 12.9. The smallest absolute Gasteiger partial charge is 0.167 e. The number of Topliss-reactive ketones (excluding diaryl/α,β-unsaturated/α-hetero) is 1. The predicted molar refractivity (Wildman–Crippen MR) is 108 cm³/mol. The zero-order chi connectivity index (χ0) is 17.8. The molecule has 2 nitrogen and oxygen atoms in total. The third kappa shape index (κ3) is 3.55. The Hall–Kier alpha value is -2.87. The van der Waals surface area contributed by atoms with E-state index >= 15 is 0 Å². The first-order valence-electron chi connectivity index (χ1n) is 9.33. The largest absolute Gasteiger partial charge is 0.372 e. The highest BCUT2D eigenvalue weighted by Crippen LogP contribution is 2.25. The molecule has 1 heterocycles. The molecule has 1 saturated heterocycles. The van der Waals surface area contributed by atoms with Crippen molar-refractivity contribution in [2.45, 2.75) is 19.3 Å². The van der Waals surface area contributed by atoms with Crippen LogP contribution in [0.1, 0.15) is 28.8 Å². The molecule has 0 saturated carbocycles. The highest BCUT2D eigenvalue weighted by Gasteiger charge is 2.14. The summed E-state index contributed by atoms with van der Waals surface area (Å²) in [6, 6.07) is 26.5. The average molecular weight is 341 g/mol. The van der Waals surface area contributed by atoms with Gasteiger partial charge in [-0.2, -0.15) is 0 Å². The first-order valence-corrected chi connectivity index (χ1v) is 9.33. The van der Waals surface area contributed by atoms with E-state index in [2.05, 4.69) is 41.3 Å². The number of ketones is 1. The first kappa shape index (κ1) is 16.6. The van der Waals surface area contributed by atoms with Crippen molar-refractivity contribution in [3.05, 3.63) is 90.0 Å². The summed E-state index contributed by atoms with van der Waals surface area (Å²) < 4.78 is 0. The van der Waals surface area contributed by atoms with Crippen LogP contribution >= 0.6 is 0 Å². The number of rotatable bonds is 5. The molecule has 3 aromatic rings. The Balaban J connectivity index is 1.54. The molecular weight excluding hydrogens is 318 g/mol. The third-order valence-corrected chi connectivity index (χ3v) is 5.08. The van der Waals surface area contributed by atoms with E-state index < -0.39 is 0 Å². The van der Waals surface area contributed by atoms with Gasteiger partial charge in [-0.15, -0.1) is 0 Å². The minimum Gasteiger partial charge on any atom is -0.372 e. The van der Waals surface area contributed by atoms with Crippen LogP contribution in [0.3, 0.4) is 0 Å². The van der Waals surface area contributed by atoms with Crippen molar-refractivity contribution in [3.63, 3.8) is 0 Å². The van der Waals surface area contributed by atoms with Gasteiger partial charge in [0, 0.05) is 30.8 Å². The van der Waals surface area contributed by atoms with Crippen LogP contribution in [0.25, 0.3) is 11.1 Å². The summed E-state index contributed by atoms with van der Waals surface area (Å²) in [6.07, 6.45) is 2.98. The topological polar surface area (TPSA) is 20.3 Å². The summed E-state index contributed by atoms with van der Waals surface area (Å²) in [5.74, 6) is 0.165. The molecule has 1 aliphatic rings. The monoisotopic (exact) mass is 341 g/mol. The van der Waals surface area contributed by atoms with E-state index in [1.54, 1.807) is 0 Å². The van der Waals surface area contributed by atoms with Crippen molar-refractivity contribution >= 4 is 11.5 Å². The molecule has 0 amide bonds. The lowest BCUT2D eigenvalue weighted by Crippen LogP contribution is -2.17. The fourth-order valence-electron chi connectivity index (χ4n) is 3.68. The highest BCUT2D eigenvalue weighted by molar-refractivity contribution is 6.03. The first-order chi connectivity index (χ1) is 12.8. The van der Waals surface area contributed by atoms with Crippen LogP contribution in [0, 0.1) is 0 Å². The standard InChI is InChI=1S/C24H23NO/c26-24(18-19-12-14-21(15-13-19)25-16-6-7-17-25)23-11-5-4-10-22(23)20-8-2-1-3-9-20/h1-5,8-15H,6-7,16-18H2. The lowest BCUT2D eigenvalue weighted by Gasteiger charge is -2.17. The highest BCUT2D eigenvalue weighted by atomic mass is 16.1. The summed E-state index contributed by atoms with van der Waals surface area (Å²) in [6.45, 7) is 2.28. The van der Waals surface area contributed by atoms with Gasteiger partial charge in [-0.3, -0.25) is 4.79 Å². The van der Waals surface area contributed by atoms with Crippen LogP contribution < -0.4 is 4.90 Å². The van der Waals surface area contributed by atoms with Crippen molar-refractivity contribution in [2.24, 2.45) is 0 Å². The Kier molecular flexibility index (Phi) is 4.83. The lowest BCUT2D eigenvalue weighted by atomic mass is 9.94. The summed E-state index contributed by atoms with van der Waals surface area (Å²) >= 11 is 0. The predicted octanol–water partition coefficient (Wildman–Crippen LogP) is 5.38. The molecule has 0 radical (unpaired) electrons. The number of anilines is 1. The zero-order valence-corrected chi connectivity index (χ0v) is 14.9. The van der Waals surface area contributed by atoms with E-state index in [1.165, 1.54) is 18.5 Å². The van der Waals surface area contributed by atoms with Gasteiger partial charge < -0.3 is 4.90 Å². The van der Waals surface area contributed by atoms with Gasteiger partial charge in [0.25, 0.3) is 0 Å². The third-order valence-electron chi connectivity index (χ3n) is 5.08. The summed E-state index contributed by atoms with van der Waals surface area (Å²) in [5.41, 5.74) is 5.22.